The third kappa shape index (κ3) is 2.51. The molecule has 1 aliphatic heterocycles. The molecule has 0 radical (unpaired) electrons. The summed E-state index contributed by atoms with van der Waals surface area (Å²) < 4.78 is 8.13. The summed E-state index contributed by atoms with van der Waals surface area (Å²) in [7, 11) is 0. The van der Waals surface area contributed by atoms with Gasteiger partial charge < -0.3 is 9.30 Å². The van der Waals surface area contributed by atoms with E-state index in [1.807, 2.05) is 18.2 Å². The molecule has 2 heterocycles. The first-order valence-corrected chi connectivity index (χ1v) is 8.00. The molecule has 112 valence electrons. The lowest BCUT2D eigenvalue weighted by molar-refractivity contribution is 0.103. The summed E-state index contributed by atoms with van der Waals surface area (Å²) in [5, 5.41) is 0.763. The second kappa shape index (κ2) is 5.75. The van der Waals surface area contributed by atoms with Crippen molar-refractivity contribution in [3.63, 3.8) is 0 Å². The van der Waals surface area contributed by atoms with Crippen molar-refractivity contribution in [1.82, 2.24) is 9.55 Å². The Hall–Kier alpha value is -1.84. The molecule has 4 rings (SSSR count). The molecule has 1 aromatic heterocycles. The fourth-order valence-corrected chi connectivity index (χ4v) is 3.19. The number of halogens is 1. The van der Waals surface area contributed by atoms with Crippen LogP contribution in [-0.2, 0) is 11.3 Å². The predicted octanol–water partition coefficient (Wildman–Crippen LogP) is 4.59. The maximum atomic E-state index is 5.98. The number of fused-ring (bicyclic) bond motifs is 1. The van der Waals surface area contributed by atoms with Gasteiger partial charge >= 0.3 is 0 Å². The van der Waals surface area contributed by atoms with Gasteiger partial charge in [0, 0.05) is 18.2 Å². The van der Waals surface area contributed by atoms with Crippen LogP contribution >= 0.6 is 11.6 Å². The number of hydrogen-bond donors (Lipinski definition) is 0. The van der Waals surface area contributed by atoms with Crippen molar-refractivity contribution in [2.45, 2.75) is 25.5 Å². The zero-order valence-corrected chi connectivity index (χ0v) is 13.0. The van der Waals surface area contributed by atoms with Crippen molar-refractivity contribution in [3.8, 4) is 0 Å². The van der Waals surface area contributed by atoms with Crippen LogP contribution in [0.25, 0.3) is 11.0 Å². The largest absolute Gasteiger partial charge is 0.370 e. The first-order valence-electron chi connectivity index (χ1n) is 7.62. The Morgan fingerprint density at radius 2 is 1.95 bits per heavy atom. The Kier molecular flexibility index (Phi) is 3.60. The van der Waals surface area contributed by atoms with Gasteiger partial charge in [-0.15, -0.1) is 0 Å². The van der Waals surface area contributed by atoms with Gasteiger partial charge in [-0.2, -0.15) is 0 Å². The van der Waals surface area contributed by atoms with Crippen LogP contribution in [-0.4, -0.2) is 16.2 Å². The highest BCUT2D eigenvalue weighted by Crippen LogP contribution is 2.31. The van der Waals surface area contributed by atoms with Gasteiger partial charge in [-0.1, -0.05) is 35.9 Å². The van der Waals surface area contributed by atoms with E-state index in [1.165, 1.54) is 5.56 Å². The minimum Gasteiger partial charge on any atom is -0.370 e. The van der Waals surface area contributed by atoms with Crippen molar-refractivity contribution < 1.29 is 4.74 Å². The van der Waals surface area contributed by atoms with Crippen molar-refractivity contribution in [2.75, 3.05) is 6.61 Å². The van der Waals surface area contributed by atoms with Crippen molar-refractivity contribution in [3.05, 3.63) is 64.9 Å². The molecule has 0 aliphatic carbocycles. The number of para-hydroxylation sites is 2. The lowest BCUT2D eigenvalue weighted by atomic mass is 10.2. The smallest absolute Gasteiger partial charge is 0.139 e. The van der Waals surface area contributed by atoms with Gasteiger partial charge in [0.15, 0.2) is 0 Å². The van der Waals surface area contributed by atoms with Gasteiger partial charge in [0.1, 0.15) is 11.9 Å². The maximum Gasteiger partial charge on any atom is 0.139 e. The Morgan fingerprint density at radius 3 is 2.73 bits per heavy atom. The Morgan fingerprint density at radius 1 is 1.14 bits per heavy atom. The topological polar surface area (TPSA) is 27.1 Å². The highest BCUT2D eigenvalue weighted by molar-refractivity contribution is 6.30. The molecule has 2 aromatic carbocycles. The minimum absolute atomic E-state index is 0.111. The van der Waals surface area contributed by atoms with E-state index in [0.29, 0.717) is 0 Å². The van der Waals surface area contributed by atoms with Gasteiger partial charge in [0.25, 0.3) is 0 Å². The van der Waals surface area contributed by atoms with Crippen LogP contribution in [0.15, 0.2) is 48.5 Å². The summed E-state index contributed by atoms with van der Waals surface area (Å²) in [6, 6.07) is 16.3. The predicted molar refractivity (Wildman–Crippen MR) is 88.2 cm³/mol. The molecule has 3 aromatic rings. The molecule has 0 spiro atoms. The van der Waals surface area contributed by atoms with E-state index in [1.54, 1.807) is 0 Å². The summed E-state index contributed by atoms with van der Waals surface area (Å²) in [4.78, 5) is 4.82. The Labute approximate surface area is 134 Å². The van der Waals surface area contributed by atoms with Crippen LogP contribution in [0.2, 0.25) is 5.02 Å². The number of hydrogen-bond acceptors (Lipinski definition) is 2. The Balaban J connectivity index is 1.79. The summed E-state index contributed by atoms with van der Waals surface area (Å²) in [6.45, 7) is 1.61. The monoisotopic (exact) mass is 312 g/mol. The number of ether oxygens (including phenoxy) is 1. The van der Waals surface area contributed by atoms with E-state index >= 15 is 0 Å². The van der Waals surface area contributed by atoms with Crippen LogP contribution in [0.1, 0.15) is 30.3 Å². The number of benzene rings is 2. The summed E-state index contributed by atoms with van der Waals surface area (Å²) in [5.74, 6) is 1.04. The summed E-state index contributed by atoms with van der Waals surface area (Å²) in [5.41, 5.74) is 3.40. The van der Waals surface area contributed by atoms with E-state index in [0.717, 1.165) is 47.9 Å². The molecule has 4 heteroatoms. The quantitative estimate of drug-likeness (QED) is 0.707. The first-order chi connectivity index (χ1) is 10.8. The van der Waals surface area contributed by atoms with E-state index in [2.05, 4.69) is 34.9 Å². The van der Waals surface area contributed by atoms with Crippen molar-refractivity contribution >= 4 is 22.6 Å². The maximum absolute atomic E-state index is 5.98. The minimum atomic E-state index is 0.111. The molecule has 1 aliphatic rings. The Bertz CT molecular complexity index is 788. The molecule has 1 unspecified atom stereocenters. The fourth-order valence-electron chi connectivity index (χ4n) is 3.06. The second-order valence-electron chi connectivity index (χ2n) is 5.67. The number of rotatable bonds is 3. The zero-order chi connectivity index (χ0) is 14.9. The molecule has 0 bridgehead atoms. The molecule has 1 atom stereocenters. The normalized spacial score (nSPS) is 18.1. The lowest BCUT2D eigenvalue weighted by Crippen LogP contribution is -2.09. The average Bonchev–Trinajstić information content (AvgIpc) is 3.18. The van der Waals surface area contributed by atoms with Crippen LogP contribution in [0, 0.1) is 0 Å². The average molecular weight is 313 g/mol. The fraction of sp³-hybridized carbons (Fsp3) is 0.278. The molecule has 3 nitrogen and oxygen atoms in total. The zero-order valence-electron chi connectivity index (χ0n) is 12.2. The van der Waals surface area contributed by atoms with Crippen LogP contribution in [0.4, 0.5) is 0 Å². The highest BCUT2D eigenvalue weighted by Gasteiger charge is 2.24. The van der Waals surface area contributed by atoms with E-state index in [9.17, 15) is 0 Å². The van der Waals surface area contributed by atoms with Gasteiger partial charge in [0.2, 0.25) is 0 Å². The third-order valence-electron chi connectivity index (χ3n) is 4.16. The summed E-state index contributed by atoms with van der Waals surface area (Å²) >= 11 is 5.98. The van der Waals surface area contributed by atoms with Gasteiger partial charge in [-0.05, 0) is 42.7 Å². The van der Waals surface area contributed by atoms with Crippen molar-refractivity contribution in [2.24, 2.45) is 0 Å². The standard InChI is InChI=1S/C18H17ClN2O/c19-14-9-7-13(8-10-14)12-21-16-5-2-1-4-15(16)20-18(21)17-6-3-11-22-17/h1-2,4-5,7-10,17H,3,6,11-12H2. The molecule has 1 fully saturated rings. The van der Waals surface area contributed by atoms with Gasteiger partial charge in [0.05, 0.1) is 11.0 Å². The molecule has 0 amide bonds. The molecular weight excluding hydrogens is 296 g/mol. The van der Waals surface area contributed by atoms with E-state index in [4.69, 9.17) is 21.3 Å². The molecule has 22 heavy (non-hydrogen) atoms. The number of nitrogens with zero attached hydrogens (tertiary/aromatic N) is 2. The van der Waals surface area contributed by atoms with E-state index < -0.39 is 0 Å². The van der Waals surface area contributed by atoms with E-state index in [-0.39, 0.29) is 6.10 Å². The second-order valence-corrected chi connectivity index (χ2v) is 6.11. The van der Waals surface area contributed by atoms with Crippen LogP contribution < -0.4 is 0 Å². The molecule has 0 N–H and O–H groups in total. The summed E-state index contributed by atoms with van der Waals surface area (Å²) in [6.07, 6.45) is 2.26. The van der Waals surface area contributed by atoms with Crippen LogP contribution in [0.3, 0.4) is 0 Å². The lowest BCUT2D eigenvalue weighted by Gasteiger charge is -2.13. The highest BCUT2D eigenvalue weighted by atomic mass is 35.5. The number of aromatic nitrogens is 2. The molecule has 0 saturated carbocycles. The molecular formula is C18H17ClN2O. The van der Waals surface area contributed by atoms with Gasteiger partial charge in [-0.3, -0.25) is 0 Å². The first kappa shape index (κ1) is 13.8. The SMILES string of the molecule is Clc1ccc(Cn2c(C3CCCO3)nc3ccccc32)cc1. The molecule has 1 saturated heterocycles. The van der Waals surface area contributed by atoms with Crippen molar-refractivity contribution in [1.29, 1.82) is 0 Å². The van der Waals surface area contributed by atoms with Crippen LogP contribution in [0.5, 0.6) is 0 Å². The third-order valence-corrected chi connectivity index (χ3v) is 4.41. The number of imidazole rings is 1. The van der Waals surface area contributed by atoms with Gasteiger partial charge in [-0.25, -0.2) is 4.98 Å².